The van der Waals surface area contributed by atoms with Gasteiger partial charge in [-0.1, -0.05) is 31.2 Å². The summed E-state index contributed by atoms with van der Waals surface area (Å²) in [6.07, 6.45) is 2.69. The van der Waals surface area contributed by atoms with Crippen LogP contribution in [0.15, 0.2) is 42.6 Å². The number of hydrogen-bond donors (Lipinski definition) is 1. The van der Waals surface area contributed by atoms with E-state index in [1.807, 2.05) is 12.1 Å². The van der Waals surface area contributed by atoms with Gasteiger partial charge in [0.2, 0.25) is 0 Å². The molecule has 5 heteroatoms. The highest BCUT2D eigenvalue weighted by atomic mass is 16.6. The van der Waals surface area contributed by atoms with Crippen molar-refractivity contribution in [2.75, 3.05) is 0 Å². The predicted molar refractivity (Wildman–Crippen MR) is 77.3 cm³/mol. The number of hydrogen-bond acceptors (Lipinski definition) is 4. The van der Waals surface area contributed by atoms with E-state index < -0.39 is 0 Å². The Bertz CT molecular complexity index is 599. The number of benzene rings is 1. The molecule has 0 amide bonds. The first-order chi connectivity index (χ1) is 9.72. The fraction of sp³-hybridized carbons (Fsp3) is 0.267. The van der Waals surface area contributed by atoms with E-state index in [1.165, 1.54) is 11.6 Å². The molecule has 0 aliphatic heterocycles. The van der Waals surface area contributed by atoms with Crippen LogP contribution in [0.3, 0.4) is 0 Å². The fourth-order valence-electron chi connectivity index (χ4n) is 2.11. The second kappa shape index (κ2) is 6.77. The van der Waals surface area contributed by atoms with Gasteiger partial charge in [-0.25, -0.2) is 0 Å². The molecule has 20 heavy (non-hydrogen) atoms. The van der Waals surface area contributed by atoms with Gasteiger partial charge in [-0.15, -0.1) is 0 Å². The van der Waals surface area contributed by atoms with E-state index in [2.05, 4.69) is 23.3 Å². The third-order valence-electron chi connectivity index (χ3n) is 3.16. The number of nitrogens with zero attached hydrogens (tertiary/aromatic N) is 2. The first-order valence-electron chi connectivity index (χ1n) is 6.58. The van der Waals surface area contributed by atoms with E-state index in [0.717, 1.165) is 12.1 Å². The number of rotatable bonds is 6. The van der Waals surface area contributed by atoms with Crippen LogP contribution in [0.2, 0.25) is 0 Å². The van der Waals surface area contributed by atoms with Gasteiger partial charge in [0, 0.05) is 30.9 Å². The second-order valence-corrected chi connectivity index (χ2v) is 4.45. The van der Waals surface area contributed by atoms with Crippen LogP contribution in [0.25, 0.3) is 0 Å². The van der Waals surface area contributed by atoms with Gasteiger partial charge in [-0.2, -0.15) is 0 Å². The Hall–Kier alpha value is -2.27. The topological polar surface area (TPSA) is 68.1 Å². The molecule has 104 valence electrons. The zero-order valence-electron chi connectivity index (χ0n) is 11.4. The summed E-state index contributed by atoms with van der Waals surface area (Å²) in [6, 6.07) is 10.7. The average Bonchev–Trinajstić information content (AvgIpc) is 2.48. The van der Waals surface area contributed by atoms with Crippen molar-refractivity contribution in [3.05, 3.63) is 69.5 Å². The Morgan fingerprint density at radius 1 is 1.15 bits per heavy atom. The molecule has 1 heterocycles. The van der Waals surface area contributed by atoms with E-state index in [1.54, 1.807) is 18.3 Å². The molecule has 1 aromatic heterocycles. The van der Waals surface area contributed by atoms with Crippen molar-refractivity contribution < 1.29 is 4.92 Å². The zero-order chi connectivity index (χ0) is 14.4. The van der Waals surface area contributed by atoms with Crippen LogP contribution in [0.5, 0.6) is 0 Å². The highest BCUT2D eigenvalue weighted by Gasteiger charge is 2.11. The van der Waals surface area contributed by atoms with Gasteiger partial charge in [-0.3, -0.25) is 15.1 Å². The standard InChI is InChI=1S/C15H17N3O2/c1-2-12-7-5-9-17-14(12)11-16-10-13-6-3-4-8-15(13)18(19)20/h3-9,16H,2,10-11H2,1H3. The zero-order valence-corrected chi connectivity index (χ0v) is 11.4. The van der Waals surface area contributed by atoms with Crippen LogP contribution in [0, 0.1) is 10.1 Å². The summed E-state index contributed by atoms with van der Waals surface area (Å²) in [4.78, 5) is 14.9. The molecular weight excluding hydrogens is 254 g/mol. The monoisotopic (exact) mass is 271 g/mol. The largest absolute Gasteiger partial charge is 0.307 e. The van der Waals surface area contributed by atoms with Gasteiger partial charge in [0.25, 0.3) is 5.69 Å². The lowest BCUT2D eigenvalue weighted by atomic mass is 10.1. The third kappa shape index (κ3) is 3.39. The molecule has 0 unspecified atom stereocenters. The van der Waals surface area contributed by atoms with Crippen molar-refractivity contribution in [3.8, 4) is 0 Å². The van der Waals surface area contributed by atoms with E-state index in [9.17, 15) is 10.1 Å². The van der Waals surface area contributed by atoms with Crippen molar-refractivity contribution in [2.24, 2.45) is 0 Å². The second-order valence-electron chi connectivity index (χ2n) is 4.45. The molecule has 0 radical (unpaired) electrons. The molecular formula is C15H17N3O2. The van der Waals surface area contributed by atoms with E-state index in [-0.39, 0.29) is 10.6 Å². The van der Waals surface area contributed by atoms with Gasteiger partial charge in [0.15, 0.2) is 0 Å². The SMILES string of the molecule is CCc1cccnc1CNCc1ccccc1[N+](=O)[O-]. The minimum absolute atomic E-state index is 0.150. The molecule has 0 saturated heterocycles. The van der Waals surface area contributed by atoms with E-state index in [0.29, 0.717) is 18.7 Å². The van der Waals surface area contributed by atoms with Gasteiger partial charge in [0.05, 0.1) is 10.6 Å². The fourth-order valence-corrected chi connectivity index (χ4v) is 2.11. The summed E-state index contributed by atoms with van der Waals surface area (Å²) in [5.41, 5.74) is 3.03. The summed E-state index contributed by atoms with van der Waals surface area (Å²) in [6.45, 7) is 3.15. The van der Waals surface area contributed by atoms with Crippen LogP contribution in [0.1, 0.15) is 23.7 Å². The molecule has 0 aliphatic rings. The Kier molecular flexibility index (Phi) is 4.79. The maximum atomic E-state index is 10.9. The number of aryl methyl sites for hydroxylation is 1. The average molecular weight is 271 g/mol. The Labute approximate surface area is 117 Å². The lowest BCUT2D eigenvalue weighted by molar-refractivity contribution is -0.385. The Morgan fingerprint density at radius 3 is 2.65 bits per heavy atom. The molecule has 0 aliphatic carbocycles. The smallest absolute Gasteiger partial charge is 0.273 e. The normalized spacial score (nSPS) is 10.4. The van der Waals surface area contributed by atoms with Crippen molar-refractivity contribution >= 4 is 5.69 Å². The predicted octanol–water partition coefficient (Wildman–Crippen LogP) is 2.84. The molecule has 0 bridgehead atoms. The number of nitrogens with one attached hydrogen (secondary N) is 1. The van der Waals surface area contributed by atoms with Crippen molar-refractivity contribution in [1.29, 1.82) is 0 Å². The number of nitro groups is 1. The van der Waals surface area contributed by atoms with E-state index >= 15 is 0 Å². The van der Waals surface area contributed by atoms with Crippen LogP contribution in [-0.4, -0.2) is 9.91 Å². The van der Waals surface area contributed by atoms with Gasteiger partial charge in [-0.05, 0) is 18.1 Å². The van der Waals surface area contributed by atoms with Gasteiger partial charge >= 0.3 is 0 Å². The molecule has 0 saturated carbocycles. The van der Waals surface area contributed by atoms with Gasteiger partial charge < -0.3 is 5.32 Å². The first kappa shape index (κ1) is 14.1. The number of aromatic nitrogens is 1. The minimum Gasteiger partial charge on any atom is -0.307 e. The van der Waals surface area contributed by atoms with E-state index in [4.69, 9.17) is 0 Å². The maximum Gasteiger partial charge on any atom is 0.273 e. The molecule has 1 N–H and O–H groups in total. The molecule has 0 spiro atoms. The summed E-state index contributed by atoms with van der Waals surface area (Å²) >= 11 is 0. The van der Waals surface area contributed by atoms with Crippen molar-refractivity contribution in [3.63, 3.8) is 0 Å². The molecule has 5 nitrogen and oxygen atoms in total. The number of para-hydroxylation sites is 1. The number of pyridine rings is 1. The van der Waals surface area contributed by atoms with Gasteiger partial charge in [0.1, 0.15) is 0 Å². The molecule has 2 rings (SSSR count). The van der Waals surface area contributed by atoms with Crippen LogP contribution in [0.4, 0.5) is 5.69 Å². The summed E-state index contributed by atoms with van der Waals surface area (Å²) in [5, 5.41) is 14.1. The Balaban J connectivity index is 2.01. The number of nitro benzene ring substituents is 1. The third-order valence-corrected chi connectivity index (χ3v) is 3.16. The molecule has 1 aromatic carbocycles. The summed E-state index contributed by atoms with van der Waals surface area (Å²) < 4.78 is 0. The van der Waals surface area contributed by atoms with Crippen LogP contribution < -0.4 is 5.32 Å². The summed E-state index contributed by atoms with van der Waals surface area (Å²) in [5.74, 6) is 0. The minimum atomic E-state index is -0.352. The Morgan fingerprint density at radius 2 is 1.90 bits per heavy atom. The molecule has 0 atom stereocenters. The maximum absolute atomic E-state index is 10.9. The highest BCUT2D eigenvalue weighted by Crippen LogP contribution is 2.17. The highest BCUT2D eigenvalue weighted by molar-refractivity contribution is 5.39. The lowest BCUT2D eigenvalue weighted by Crippen LogP contribution is -2.16. The van der Waals surface area contributed by atoms with Crippen LogP contribution in [-0.2, 0) is 19.5 Å². The van der Waals surface area contributed by atoms with Crippen LogP contribution >= 0.6 is 0 Å². The lowest BCUT2D eigenvalue weighted by Gasteiger charge is -2.08. The van der Waals surface area contributed by atoms with Crippen molar-refractivity contribution in [2.45, 2.75) is 26.4 Å². The van der Waals surface area contributed by atoms with Crippen molar-refractivity contribution in [1.82, 2.24) is 10.3 Å². The summed E-state index contributed by atoms with van der Waals surface area (Å²) in [7, 11) is 0. The first-order valence-corrected chi connectivity index (χ1v) is 6.58. The molecule has 2 aromatic rings. The quantitative estimate of drug-likeness (QED) is 0.648. The molecule has 0 fully saturated rings.